The zero-order chi connectivity index (χ0) is 5.15. The van der Waals surface area contributed by atoms with E-state index in [4.69, 9.17) is 19.8 Å². The first-order valence-electron chi connectivity index (χ1n) is 1.11. The van der Waals surface area contributed by atoms with Crippen LogP contribution in [0.5, 0.6) is 0 Å². The molecular formula is C2H2InO4. The maximum absolute atomic E-state index is 9.10. The molecule has 0 heterocycles. The SMILES string of the molecule is O=C(O)C(=O)O.[In]. The number of carbonyl (C=O) groups is 2. The molecule has 0 aromatic rings. The van der Waals surface area contributed by atoms with Gasteiger partial charge in [0, 0.05) is 25.8 Å². The van der Waals surface area contributed by atoms with Crippen molar-refractivity contribution in [3.8, 4) is 0 Å². The van der Waals surface area contributed by atoms with Crippen LogP contribution in [0.2, 0.25) is 0 Å². The summed E-state index contributed by atoms with van der Waals surface area (Å²) in [5, 5.41) is 14.8. The third-order valence-corrected chi connectivity index (χ3v) is 0.183. The molecule has 0 fully saturated rings. The van der Waals surface area contributed by atoms with E-state index in [1.54, 1.807) is 0 Å². The number of hydrogen-bond acceptors (Lipinski definition) is 2. The van der Waals surface area contributed by atoms with E-state index in [-0.39, 0.29) is 25.8 Å². The van der Waals surface area contributed by atoms with Crippen LogP contribution in [0.1, 0.15) is 0 Å². The molecule has 0 spiro atoms. The predicted octanol–water partition coefficient (Wildman–Crippen LogP) is -1.23. The van der Waals surface area contributed by atoms with Crippen LogP contribution in [0, 0.1) is 0 Å². The van der Waals surface area contributed by atoms with E-state index >= 15 is 0 Å². The average Bonchev–Trinajstić information content (AvgIpc) is 1.36. The largest absolute Gasteiger partial charge is 0.473 e. The third-order valence-electron chi connectivity index (χ3n) is 0.183. The van der Waals surface area contributed by atoms with Gasteiger partial charge in [0.1, 0.15) is 0 Å². The van der Waals surface area contributed by atoms with Gasteiger partial charge in [-0.2, -0.15) is 0 Å². The predicted molar refractivity (Wildman–Crippen MR) is 21.0 cm³/mol. The molecule has 4 nitrogen and oxygen atoms in total. The summed E-state index contributed by atoms with van der Waals surface area (Å²) >= 11 is 0. The molecule has 3 radical (unpaired) electrons. The van der Waals surface area contributed by atoms with Crippen LogP contribution in [-0.2, 0) is 9.59 Å². The van der Waals surface area contributed by atoms with Crippen molar-refractivity contribution >= 4 is 37.8 Å². The zero-order valence-corrected chi connectivity index (χ0v) is 6.58. The van der Waals surface area contributed by atoms with E-state index in [2.05, 4.69) is 0 Å². The maximum atomic E-state index is 9.10. The molecule has 0 saturated carbocycles. The fourth-order valence-corrected chi connectivity index (χ4v) is 0. The van der Waals surface area contributed by atoms with Crippen LogP contribution in [0.15, 0.2) is 0 Å². The van der Waals surface area contributed by atoms with Crippen LogP contribution >= 0.6 is 0 Å². The molecule has 0 aliphatic rings. The molecule has 0 amide bonds. The van der Waals surface area contributed by atoms with Crippen molar-refractivity contribution in [1.29, 1.82) is 0 Å². The number of hydrogen-bond donors (Lipinski definition) is 2. The molecule has 0 atom stereocenters. The molecule has 0 rings (SSSR count). The van der Waals surface area contributed by atoms with Crippen LogP contribution < -0.4 is 0 Å². The van der Waals surface area contributed by atoms with E-state index in [1.807, 2.05) is 0 Å². The Balaban J connectivity index is 0. The van der Waals surface area contributed by atoms with Crippen molar-refractivity contribution < 1.29 is 19.8 Å². The van der Waals surface area contributed by atoms with Gasteiger partial charge in [-0.3, -0.25) is 0 Å². The van der Waals surface area contributed by atoms with E-state index < -0.39 is 11.9 Å². The van der Waals surface area contributed by atoms with Gasteiger partial charge >= 0.3 is 11.9 Å². The summed E-state index contributed by atoms with van der Waals surface area (Å²) < 4.78 is 0. The van der Waals surface area contributed by atoms with Gasteiger partial charge in [-0.1, -0.05) is 0 Å². The molecule has 5 heteroatoms. The van der Waals surface area contributed by atoms with Gasteiger partial charge in [-0.25, -0.2) is 9.59 Å². The summed E-state index contributed by atoms with van der Waals surface area (Å²) in [5.41, 5.74) is 0. The third kappa shape index (κ3) is 5.81. The Hall–Kier alpha value is -0.190. The maximum Gasteiger partial charge on any atom is 0.414 e. The summed E-state index contributed by atoms with van der Waals surface area (Å²) in [4.78, 5) is 18.2. The van der Waals surface area contributed by atoms with Gasteiger partial charge < -0.3 is 10.2 Å². The Bertz CT molecular complexity index is 75.7. The van der Waals surface area contributed by atoms with Gasteiger partial charge in [0.15, 0.2) is 0 Å². The first kappa shape index (κ1) is 9.94. The van der Waals surface area contributed by atoms with E-state index in [0.29, 0.717) is 0 Å². The van der Waals surface area contributed by atoms with Crippen molar-refractivity contribution in [1.82, 2.24) is 0 Å². The van der Waals surface area contributed by atoms with Crippen molar-refractivity contribution in [2.45, 2.75) is 0 Å². The molecule has 0 aromatic carbocycles. The minimum Gasteiger partial charge on any atom is -0.473 e. The number of aliphatic carboxylic acids is 2. The molecule has 0 aliphatic carbocycles. The van der Waals surface area contributed by atoms with Crippen LogP contribution in [0.3, 0.4) is 0 Å². The fraction of sp³-hybridized carbons (Fsp3) is 0. The Morgan fingerprint density at radius 3 is 1.14 bits per heavy atom. The Kier molecular flexibility index (Phi) is 5.65. The molecule has 0 aliphatic heterocycles. The van der Waals surface area contributed by atoms with Crippen LogP contribution in [0.25, 0.3) is 0 Å². The molecule has 0 saturated heterocycles. The Morgan fingerprint density at radius 1 is 1.00 bits per heavy atom. The molecule has 0 bridgehead atoms. The summed E-state index contributed by atoms with van der Waals surface area (Å²) in [6.07, 6.45) is 0. The van der Waals surface area contributed by atoms with Crippen molar-refractivity contribution in [3.05, 3.63) is 0 Å². The smallest absolute Gasteiger partial charge is 0.414 e. The summed E-state index contributed by atoms with van der Waals surface area (Å²) in [6.45, 7) is 0. The number of rotatable bonds is 0. The van der Waals surface area contributed by atoms with E-state index in [9.17, 15) is 0 Å². The number of carboxylic acid groups (broad SMARTS) is 2. The molecule has 0 unspecified atom stereocenters. The first-order valence-corrected chi connectivity index (χ1v) is 1.11. The first-order chi connectivity index (χ1) is 2.64. The second-order valence-electron chi connectivity index (χ2n) is 0.610. The molecule has 37 valence electrons. The summed E-state index contributed by atoms with van der Waals surface area (Å²) in [6, 6.07) is 0. The second kappa shape index (κ2) is 3.98. The fourth-order valence-electron chi connectivity index (χ4n) is 0. The van der Waals surface area contributed by atoms with Gasteiger partial charge in [-0.05, 0) is 0 Å². The van der Waals surface area contributed by atoms with Crippen molar-refractivity contribution in [3.63, 3.8) is 0 Å². The van der Waals surface area contributed by atoms with Crippen LogP contribution in [-0.4, -0.2) is 48.0 Å². The Morgan fingerprint density at radius 2 is 1.14 bits per heavy atom. The minimum atomic E-state index is -1.82. The molecule has 0 aromatic heterocycles. The quantitative estimate of drug-likeness (QED) is 0.485. The molecule has 2 N–H and O–H groups in total. The topological polar surface area (TPSA) is 74.6 Å². The number of carboxylic acids is 2. The summed E-state index contributed by atoms with van der Waals surface area (Å²) in [5.74, 6) is -3.65. The Labute approximate surface area is 57.9 Å². The zero-order valence-electron chi connectivity index (χ0n) is 3.29. The average molecular weight is 205 g/mol. The van der Waals surface area contributed by atoms with Gasteiger partial charge in [0.25, 0.3) is 0 Å². The monoisotopic (exact) mass is 205 g/mol. The summed E-state index contributed by atoms with van der Waals surface area (Å²) in [7, 11) is 0. The van der Waals surface area contributed by atoms with E-state index in [1.165, 1.54) is 0 Å². The molecular weight excluding hydrogens is 203 g/mol. The van der Waals surface area contributed by atoms with Gasteiger partial charge in [0.2, 0.25) is 0 Å². The van der Waals surface area contributed by atoms with Gasteiger partial charge in [0.05, 0.1) is 0 Å². The van der Waals surface area contributed by atoms with E-state index in [0.717, 1.165) is 0 Å². The van der Waals surface area contributed by atoms with Crippen molar-refractivity contribution in [2.24, 2.45) is 0 Å². The van der Waals surface area contributed by atoms with Gasteiger partial charge in [-0.15, -0.1) is 0 Å². The molecule has 7 heavy (non-hydrogen) atoms. The minimum absolute atomic E-state index is 0. The van der Waals surface area contributed by atoms with Crippen molar-refractivity contribution in [2.75, 3.05) is 0 Å². The standard InChI is InChI=1S/C2H2O4.In/c3-1(4)2(5)6;/h(H,3,4)(H,5,6);. The second-order valence-corrected chi connectivity index (χ2v) is 0.610. The van der Waals surface area contributed by atoms with Crippen LogP contribution in [0.4, 0.5) is 0 Å². The normalized spacial score (nSPS) is 6.29.